The van der Waals surface area contributed by atoms with E-state index in [9.17, 15) is 22.0 Å². The second-order valence-electron chi connectivity index (χ2n) is 7.07. The molecule has 3 aromatic carbocycles. The van der Waals surface area contributed by atoms with Crippen molar-refractivity contribution in [1.82, 2.24) is 4.90 Å². The fourth-order valence-electron chi connectivity index (χ4n) is 3.34. The Morgan fingerprint density at radius 1 is 0.833 bits per heavy atom. The monoisotopic (exact) mass is 421 g/mol. The molecule has 0 aliphatic carbocycles. The van der Waals surface area contributed by atoms with E-state index in [-0.39, 0.29) is 35.3 Å². The first kappa shape index (κ1) is 21.9. The van der Waals surface area contributed by atoms with E-state index >= 15 is 0 Å². The molecule has 158 valence electrons. The van der Waals surface area contributed by atoms with E-state index in [2.05, 4.69) is 0 Å². The smallest absolute Gasteiger partial charge is 0.392 e. The molecule has 2 nitrogen and oxygen atoms in total. The molecule has 30 heavy (non-hydrogen) atoms. The molecular formula is C23H20F5NO. The van der Waals surface area contributed by atoms with Crippen LogP contribution in [0.25, 0.3) is 11.1 Å². The molecular weight excluding hydrogens is 401 g/mol. The van der Waals surface area contributed by atoms with Crippen LogP contribution in [0.2, 0.25) is 0 Å². The lowest BCUT2D eigenvalue weighted by Gasteiger charge is -2.19. The van der Waals surface area contributed by atoms with Crippen LogP contribution in [0.3, 0.4) is 0 Å². The van der Waals surface area contributed by atoms with E-state index in [0.29, 0.717) is 5.56 Å². The van der Waals surface area contributed by atoms with E-state index < -0.39 is 30.0 Å². The van der Waals surface area contributed by atoms with Crippen LogP contribution >= 0.6 is 0 Å². The van der Waals surface area contributed by atoms with Crippen LogP contribution in [0.5, 0.6) is 0 Å². The number of hydrogen-bond acceptors (Lipinski definition) is 2. The van der Waals surface area contributed by atoms with Crippen molar-refractivity contribution in [2.24, 2.45) is 0 Å². The molecule has 0 aliphatic rings. The fourth-order valence-corrected chi connectivity index (χ4v) is 3.34. The van der Waals surface area contributed by atoms with Gasteiger partial charge in [-0.15, -0.1) is 0 Å². The average molecular weight is 421 g/mol. The molecule has 0 aromatic heterocycles. The number of benzene rings is 3. The molecule has 0 saturated carbocycles. The molecule has 0 bridgehead atoms. The average Bonchev–Trinajstić information content (AvgIpc) is 2.70. The van der Waals surface area contributed by atoms with E-state index in [1.54, 1.807) is 24.1 Å². The lowest BCUT2D eigenvalue weighted by Crippen LogP contribution is -2.19. The molecule has 0 spiro atoms. The van der Waals surface area contributed by atoms with E-state index in [1.807, 2.05) is 0 Å². The molecule has 0 fully saturated rings. The largest absolute Gasteiger partial charge is 0.417 e. The lowest BCUT2D eigenvalue weighted by molar-refractivity contribution is -0.137. The summed E-state index contributed by atoms with van der Waals surface area (Å²) in [4.78, 5) is 1.68. The first-order valence-corrected chi connectivity index (χ1v) is 9.21. The molecule has 0 heterocycles. The second-order valence-corrected chi connectivity index (χ2v) is 7.07. The first-order chi connectivity index (χ1) is 14.2. The number of alkyl halides is 3. The summed E-state index contributed by atoms with van der Waals surface area (Å²) in [7, 11) is 1.68. The number of nitrogens with zero attached hydrogens (tertiary/aromatic N) is 1. The Labute approximate surface area is 171 Å². The predicted octanol–water partition coefficient (Wildman–Crippen LogP) is 5.77. The highest BCUT2D eigenvalue weighted by molar-refractivity contribution is 5.68. The third kappa shape index (κ3) is 4.86. The summed E-state index contributed by atoms with van der Waals surface area (Å²) in [6, 6.07) is 13.7. The maximum absolute atomic E-state index is 14.6. The van der Waals surface area contributed by atoms with Crippen molar-refractivity contribution >= 4 is 0 Å². The van der Waals surface area contributed by atoms with Crippen LogP contribution in [0.1, 0.15) is 22.3 Å². The maximum Gasteiger partial charge on any atom is 0.417 e. The summed E-state index contributed by atoms with van der Waals surface area (Å²) in [5.74, 6) is -1.15. The maximum atomic E-state index is 14.6. The Morgan fingerprint density at radius 2 is 1.50 bits per heavy atom. The molecule has 0 radical (unpaired) electrons. The van der Waals surface area contributed by atoms with Gasteiger partial charge in [-0.25, -0.2) is 8.78 Å². The zero-order chi connectivity index (χ0) is 21.9. The van der Waals surface area contributed by atoms with E-state index in [1.165, 1.54) is 36.4 Å². The van der Waals surface area contributed by atoms with Gasteiger partial charge < -0.3 is 5.11 Å². The molecule has 3 rings (SSSR count). The van der Waals surface area contributed by atoms with Gasteiger partial charge in [0.15, 0.2) is 0 Å². The highest BCUT2D eigenvalue weighted by Crippen LogP contribution is 2.37. The van der Waals surface area contributed by atoms with Gasteiger partial charge >= 0.3 is 6.18 Å². The quantitative estimate of drug-likeness (QED) is 0.511. The Hall–Kier alpha value is -2.77. The van der Waals surface area contributed by atoms with Crippen molar-refractivity contribution in [2.45, 2.75) is 25.9 Å². The Kier molecular flexibility index (Phi) is 6.53. The van der Waals surface area contributed by atoms with Gasteiger partial charge in [-0.1, -0.05) is 48.5 Å². The summed E-state index contributed by atoms with van der Waals surface area (Å²) in [5, 5.41) is 9.16. The lowest BCUT2D eigenvalue weighted by atomic mass is 9.98. The van der Waals surface area contributed by atoms with Crippen molar-refractivity contribution in [3.8, 4) is 11.1 Å². The highest BCUT2D eigenvalue weighted by Gasteiger charge is 2.33. The van der Waals surface area contributed by atoms with Crippen molar-refractivity contribution < 1.29 is 27.1 Å². The topological polar surface area (TPSA) is 23.5 Å². The normalized spacial score (nSPS) is 11.9. The number of aliphatic hydroxyl groups is 1. The van der Waals surface area contributed by atoms with E-state index in [4.69, 9.17) is 5.11 Å². The van der Waals surface area contributed by atoms with Gasteiger partial charge in [0.25, 0.3) is 0 Å². The molecule has 0 unspecified atom stereocenters. The minimum absolute atomic E-state index is 0.0910. The van der Waals surface area contributed by atoms with Crippen LogP contribution in [-0.2, 0) is 25.9 Å². The molecule has 7 heteroatoms. The Bertz CT molecular complexity index is 1030. The van der Waals surface area contributed by atoms with Crippen molar-refractivity contribution in [3.05, 3.63) is 94.6 Å². The second kappa shape index (κ2) is 8.93. The van der Waals surface area contributed by atoms with E-state index in [0.717, 1.165) is 12.1 Å². The van der Waals surface area contributed by atoms with Gasteiger partial charge in [0, 0.05) is 29.8 Å². The highest BCUT2D eigenvalue weighted by atomic mass is 19.4. The van der Waals surface area contributed by atoms with Gasteiger partial charge in [0.05, 0.1) is 12.2 Å². The molecule has 1 N–H and O–H groups in total. The van der Waals surface area contributed by atoms with Gasteiger partial charge in [-0.2, -0.15) is 13.2 Å². The molecule has 0 aliphatic heterocycles. The molecule has 0 atom stereocenters. The summed E-state index contributed by atoms with van der Waals surface area (Å²) in [6.45, 7) is -0.105. The SMILES string of the molecule is CN(Cc1ccc(-c2ccccc2C(F)(F)F)cc1F)Cc1cccc(CO)c1F. The van der Waals surface area contributed by atoms with Crippen molar-refractivity contribution in [3.63, 3.8) is 0 Å². The summed E-state index contributed by atoms with van der Waals surface area (Å²) in [5.41, 5.74) is 0.0399. The number of hydrogen-bond donors (Lipinski definition) is 1. The Morgan fingerprint density at radius 3 is 2.17 bits per heavy atom. The van der Waals surface area contributed by atoms with Gasteiger partial charge in [-0.05, 0) is 30.3 Å². The van der Waals surface area contributed by atoms with Crippen LogP contribution in [0.15, 0.2) is 60.7 Å². The third-order valence-corrected chi connectivity index (χ3v) is 4.81. The van der Waals surface area contributed by atoms with Gasteiger partial charge in [0.1, 0.15) is 11.6 Å². The molecule has 3 aromatic rings. The Balaban J connectivity index is 1.80. The predicted molar refractivity (Wildman–Crippen MR) is 104 cm³/mol. The summed E-state index contributed by atoms with van der Waals surface area (Å²) < 4.78 is 68.6. The van der Waals surface area contributed by atoms with Crippen LogP contribution in [0.4, 0.5) is 22.0 Å². The summed E-state index contributed by atoms with van der Waals surface area (Å²) in [6.07, 6.45) is -4.54. The van der Waals surface area contributed by atoms with Crippen LogP contribution in [-0.4, -0.2) is 17.1 Å². The van der Waals surface area contributed by atoms with Crippen molar-refractivity contribution in [2.75, 3.05) is 7.05 Å². The minimum Gasteiger partial charge on any atom is -0.392 e. The number of rotatable bonds is 6. The third-order valence-electron chi connectivity index (χ3n) is 4.81. The van der Waals surface area contributed by atoms with Crippen LogP contribution in [0, 0.1) is 11.6 Å². The number of aliphatic hydroxyl groups excluding tert-OH is 1. The zero-order valence-electron chi connectivity index (χ0n) is 16.2. The van der Waals surface area contributed by atoms with Crippen LogP contribution < -0.4 is 0 Å². The minimum atomic E-state index is -4.54. The van der Waals surface area contributed by atoms with Crippen molar-refractivity contribution in [1.29, 1.82) is 0 Å². The molecule has 0 amide bonds. The van der Waals surface area contributed by atoms with Gasteiger partial charge in [-0.3, -0.25) is 4.90 Å². The van der Waals surface area contributed by atoms with Gasteiger partial charge in [0.2, 0.25) is 0 Å². The zero-order valence-corrected chi connectivity index (χ0v) is 16.2. The first-order valence-electron chi connectivity index (χ1n) is 9.21. The number of halogens is 5. The standard InChI is InChI=1S/C23H20F5NO/c1-29(13-17-5-4-6-18(14-30)22(17)25)12-16-10-9-15(11-21(16)24)19-7-2-3-8-20(19)23(26,27)28/h2-11,30H,12-14H2,1H3. The summed E-state index contributed by atoms with van der Waals surface area (Å²) >= 11 is 0. The molecule has 0 saturated heterocycles. The fraction of sp³-hybridized carbons (Fsp3) is 0.217.